The minimum Gasteiger partial charge on any atom is -0.365 e. The molecule has 0 spiro atoms. The number of nitrogens with zero attached hydrogens (tertiary/aromatic N) is 7. The van der Waals surface area contributed by atoms with E-state index < -0.39 is 0 Å². The van der Waals surface area contributed by atoms with Crippen LogP contribution in [-0.2, 0) is 24.2 Å². The van der Waals surface area contributed by atoms with Crippen LogP contribution >= 0.6 is 0 Å². The van der Waals surface area contributed by atoms with Crippen molar-refractivity contribution >= 4 is 22.4 Å². The number of likely N-dealkylation sites (tertiary alicyclic amines) is 1. The Labute approximate surface area is 235 Å². The summed E-state index contributed by atoms with van der Waals surface area (Å²) in [6.07, 6.45) is 8.50. The molecular weight excluding hydrogens is 504 g/mol. The topological polar surface area (TPSA) is 83.7 Å². The molecule has 10 nitrogen and oxygen atoms in total. The number of aromatic nitrogens is 4. The summed E-state index contributed by atoms with van der Waals surface area (Å²) in [5.41, 5.74) is 5.88. The molecule has 1 N–H and O–H groups in total. The molecule has 0 aliphatic carbocycles. The number of piperazine rings is 1. The highest BCUT2D eigenvalue weighted by Gasteiger charge is 2.31. The molecule has 0 saturated carbocycles. The number of nitrogens with one attached hydrogen (secondary N) is 1. The fourth-order valence-corrected chi connectivity index (χ4v) is 7.29. The monoisotopic (exact) mass is 546 g/mol. The highest BCUT2D eigenvalue weighted by Crippen LogP contribution is 2.37. The van der Waals surface area contributed by atoms with Gasteiger partial charge in [-0.05, 0) is 70.7 Å². The van der Waals surface area contributed by atoms with Gasteiger partial charge in [0, 0.05) is 68.6 Å². The summed E-state index contributed by atoms with van der Waals surface area (Å²) in [4.78, 5) is 25.6. The third-order valence-electron chi connectivity index (χ3n) is 9.53. The Morgan fingerprint density at radius 3 is 2.70 bits per heavy atom. The van der Waals surface area contributed by atoms with E-state index in [2.05, 4.69) is 50.8 Å². The van der Waals surface area contributed by atoms with Crippen LogP contribution in [-0.4, -0.2) is 83.2 Å². The summed E-state index contributed by atoms with van der Waals surface area (Å²) < 4.78 is 10.2. The molecule has 4 aliphatic rings. The fraction of sp³-hybridized carbons (Fsp3) is 0.633. The summed E-state index contributed by atoms with van der Waals surface area (Å²) in [5.74, 6) is 0.911. The van der Waals surface area contributed by atoms with Crippen LogP contribution in [0.3, 0.4) is 0 Å². The Balaban J connectivity index is 1.29. The van der Waals surface area contributed by atoms with Crippen molar-refractivity contribution in [2.45, 2.75) is 70.8 Å². The fourth-order valence-electron chi connectivity index (χ4n) is 7.29. The lowest BCUT2D eigenvalue weighted by Crippen LogP contribution is -2.47. The van der Waals surface area contributed by atoms with Gasteiger partial charge in [0.25, 0.3) is 0 Å². The first-order valence-electron chi connectivity index (χ1n) is 15.2. The van der Waals surface area contributed by atoms with Gasteiger partial charge in [-0.2, -0.15) is 10.1 Å². The summed E-state index contributed by atoms with van der Waals surface area (Å²) in [6, 6.07) is 4.78. The maximum Gasteiger partial charge on any atom is 0.349 e. The Bertz CT molecular complexity index is 1440. The van der Waals surface area contributed by atoms with E-state index in [4.69, 9.17) is 14.8 Å². The van der Waals surface area contributed by atoms with Crippen molar-refractivity contribution in [2.24, 2.45) is 0 Å². The molecule has 3 fully saturated rings. The average molecular weight is 547 g/mol. The van der Waals surface area contributed by atoms with Gasteiger partial charge in [-0.3, -0.25) is 4.57 Å². The van der Waals surface area contributed by atoms with Crippen molar-refractivity contribution in [3.05, 3.63) is 45.6 Å². The average Bonchev–Trinajstić information content (AvgIpc) is 3.60. The second kappa shape index (κ2) is 10.8. The lowest BCUT2D eigenvalue weighted by atomic mass is 10.0. The van der Waals surface area contributed by atoms with E-state index in [0.29, 0.717) is 19.1 Å². The first-order valence-corrected chi connectivity index (χ1v) is 15.2. The van der Waals surface area contributed by atoms with Crippen LogP contribution in [0.2, 0.25) is 0 Å². The standard InChI is InChI=1S/C30H42N8O2/c1-21-8-9-25-24(18-32-38(25)27-7-3-4-17-40-27)28(21)36-14-10-23-26(20-36)37(19-22-6-5-13-34(22)2)30(39)33-29(23)35-15-11-31-12-16-35/h8-9,18,22,27,31H,3-7,10-17,19-20H2,1-2H3/t22-,27?/m0/s1. The van der Waals surface area contributed by atoms with E-state index >= 15 is 0 Å². The summed E-state index contributed by atoms with van der Waals surface area (Å²) in [5, 5.41) is 9.43. The molecule has 2 atom stereocenters. The molecule has 7 rings (SSSR count). The van der Waals surface area contributed by atoms with E-state index in [1.807, 2.05) is 10.8 Å². The van der Waals surface area contributed by atoms with Crippen LogP contribution in [0.5, 0.6) is 0 Å². The van der Waals surface area contributed by atoms with Crippen LogP contribution < -0.4 is 20.8 Å². The molecule has 1 aromatic carbocycles. The van der Waals surface area contributed by atoms with Gasteiger partial charge in [-0.25, -0.2) is 9.48 Å². The molecule has 3 saturated heterocycles. The zero-order valence-electron chi connectivity index (χ0n) is 23.9. The predicted molar refractivity (Wildman–Crippen MR) is 157 cm³/mol. The minimum absolute atomic E-state index is 0.00475. The largest absolute Gasteiger partial charge is 0.365 e. The Morgan fingerprint density at radius 1 is 1.05 bits per heavy atom. The number of anilines is 2. The van der Waals surface area contributed by atoms with E-state index in [9.17, 15) is 4.79 Å². The van der Waals surface area contributed by atoms with Crippen molar-refractivity contribution in [1.29, 1.82) is 0 Å². The first kappa shape index (κ1) is 26.0. The molecule has 40 heavy (non-hydrogen) atoms. The van der Waals surface area contributed by atoms with Crippen molar-refractivity contribution in [3.8, 4) is 0 Å². The molecule has 1 unspecified atom stereocenters. The van der Waals surface area contributed by atoms with Gasteiger partial charge < -0.3 is 24.8 Å². The number of benzene rings is 1. The summed E-state index contributed by atoms with van der Waals surface area (Å²) in [7, 11) is 2.18. The van der Waals surface area contributed by atoms with Gasteiger partial charge in [0.15, 0.2) is 6.23 Å². The zero-order valence-corrected chi connectivity index (χ0v) is 23.9. The molecule has 3 aromatic rings. The highest BCUT2D eigenvalue weighted by molar-refractivity contribution is 5.94. The highest BCUT2D eigenvalue weighted by atomic mass is 16.5. The predicted octanol–water partition coefficient (Wildman–Crippen LogP) is 2.67. The van der Waals surface area contributed by atoms with Crippen LogP contribution in [0.1, 0.15) is 55.2 Å². The lowest BCUT2D eigenvalue weighted by Gasteiger charge is -2.37. The molecule has 0 radical (unpaired) electrons. The quantitative estimate of drug-likeness (QED) is 0.523. The molecule has 10 heteroatoms. The van der Waals surface area contributed by atoms with Crippen LogP contribution in [0.25, 0.3) is 10.9 Å². The van der Waals surface area contributed by atoms with E-state index in [1.165, 1.54) is 35.0 Å². The summed E-state index contributed by atoms with van der Waals surface area (Å²) >= 11 is 0. The smallest absolute Gasteiger partial charge is 0.349 e. The number of likely N-dealkylation sites (N-methyl/N-ethyl adjacent to an activating group) is 1. The lowest BCUT2D eigenvalue weighted by molar-refractivity contribution is -0.0366. The van der Waals surface area contributed by atoms with Crippen molar-refractivity contribution in [3.63, 3.8) is 0 Å². The minimum atomic E-state index is -0.105. The first-order chi connectivity index (χ1) is 19.6. The van der Waals surface area contributed by atoms with Crippen LogP contribution in [0.4, 0.5) is 11.5 Å². The van der Waals surface area contributed by atoms with E-state index in [1.54, 1.807) is 0 Å². The van der Waals surface area contributed by atoms with Gasteiger partial charge in [-0.1, -0.05) is 6.07 Å². The van der Waals surface area contributed by atoms with Crippen molar-refractivity contribution in [2.75, 3.05) is 62.7 Å². The Kier molecular flexibility index (Phi) is 7.01. The third kappa shape index (κ3) is 4.59. The number of hydrogen-bond acceptors (Lipinski definition) is 8. The van der Waals surface area contributed by atoms with E-state index in [0.717, 1.165) is 88.6 Å². The number of ether oxygens (including phenoxy) is 1. The maximum atomic E-state index is 13.7. The molecular formula is C30H42N8O2. The van der Waals surface area contributed by atoms with Gasteiger partial charge >= 0.3 is 5.69 Å². The van der Waals surface area contributed by atoms with Gasteiger partial charge in [0.1, 0.15) is 5.82 Å². The van der Waals surface area contributed by atoms with E-state index in [-0.39, 0.29) is 11.9 Å². The molecule has 2 aromatic heterocycles. The molecule has 4 aliphatic heterocycles. The number of rotatable bonds is 5. The third-order valence-corrected chi connectivity index (χ3v) is 9.53. The van der Waals surface area contributed by atoms with Crippen molar-refractivity contribution < 1.29 is 4.74 Å². The molecule has 214 valence electrons. The van der Waals surface area contributed by atoms with Gasteiger partial charge in [-0.15, -0.1) is 0 Å². The second-order valence-electron chi connectivity index (χ2n) is 12.0. The number of fused-ring (bicyclic) bond motifs is 2. The molecule has 0 bridgehead atoms. The number of hydrogen-bond donors (Lipinski definition) is 1. The Hall–Kier alpha value is -2.95. The SMILES string of the molecule is Cc1ccc2c(cnn2C2CCCCO2)c1N1CCc2c(N3CCNCC3)nc(=O)n(C[C@@H]3CCCN3C)c2C1. The maximum absolute atomic E-state index is 13.7. The normalized spacial score (nSPS) is 24.1. The van der Waals surface area contributed by atoms with Gasteiger partial charge in [0.05, 0.1) is 23.9 Å². The van der Waals surface area contributed by atoms with Crippen LogP contribution in [0, 0.1) is 6.92 Å². The van der Waals surface area contributed by atoms with Crippen molar-refractivity contribution in [1.82, 2.24) is 29.5 Å². The second-order valence-corrected chi connectivity index (χ2v) is 12.0. The number of aryl methyl sites for hydroxylation is 1. The molecule has 6 heterocycles. The van der Waals surface area contributed by atoms with Crippen LogP contribution in [0.15, 0.2) is 23.1 Å². The molecule has 0 amide bonds. The summed E-state index contributed by atoms with van der Waals surface area (Å²) in [6.45, 7) is 10.0. The zero-order chi connectivity index (χ0) is 27.2. The Morgan fingerprint density at radius 2 is 1.93 bits per heavy atom. The van der Waals surface area contributed by atoms with Gasteiger partial charge in [0.2, 0.25) is 0 Å².